The SMILES string of the molecule is COc1ccc(/C=C/C(=O)C23CC4CC(CC(C4)C2)C3)cc1COc1cccc(Cl)c1. The fourth-order valence-electron chi connectivity index (χ4n) is 6.49. The Hall–Kier alpha value is -2.26. The van der Waals surface area contributed by atoms with Crippen molar-refractivity contribution in [2.45, 2.75) is 45.1 Å². The van der Waals surface area contributed by atoms with E-state index >= 15 is 0 Å². The van der Waals surface area contributed by atoms with Crippen LogP contribution >= 0.6 is 11.6 Å². The van der Waals surface area contributed by atoms with E-state index in [1.165, 1.54) is 19.3 Å². The first-order valence-electron chi connectivity index (χ1n) is 11.3. The van der Waals surface area contributed by atoms with Crippen LogP contribution in [0.15, 0.2) is 48.5 Å². The molecular formula is C27H29ClO3. The lowest BCUT2D eigenvalue weighted by Gasteiger charge is -2.55. The van der Waals surface area contributed by atoms with Crippen molar-refractivity contribution in [3.8, 4) is 11.5 Å². The third-order valence-electron chi connectivity index (χ3n) is 7.48. The molecule has 6 rings (SSSR count). The summed E-state index contributed by atoms with van der Waals surface area (Å²) in [5.74, 6) is 4.15. The van der Waals surface area contributed by atoms with E-state index in [2.05, 4.69) is 0 Å². The fourth-order valence-corrected chi connectivity index (χ4v) is 6.67. The maximum absolute atomic E-state index is 13.3. The molecule has 0 saturated heterocycles. The molecule has 0 amide bonds. The molecule has 4 heteroatoms. The first-order valence-corrected chi connectivity index (χ1v) is 11.7. The molecule has 2 aromatic rings. The van der Waals surface area contributed by atoms with Crippen molar-refractivity contribution in [1.29, 1.82) is 0 Å². The second-order valence-electron chi connectivity index (χ2n) is 9.71. The van der Waals surface area contributed by atoms with Crippen LogP contribution in [0.1, 0.15) is 49.7 Å². The molecule has 4 saturated carbocycles. The van der Waals surface area contributed by atoms with E-state index in [1.807, 2.05) is 48.6 Å². The van der Waals surface area contributed by atoms with Crippen molar-refractivity contribution < 1.29 is 14.3 Å². The molecule has 0 spiro atoms. The number of hydrogen-bond donors (Lipinski definition) is 0. The van der Waals surface area contributed by atoms with E-state index in [-0.39, 0.29) is 5.41 Å². The molecule has 0 aromatic heterocycles. The predicted molar refractivity (Wildman–Crippen MR) is 123 cm³/mol. The lowest BCUT2D eigenvalue weighted by molar-refractivity contribution is -0.138. The molecule has 0 atom stereocenters. The Balaban J connectivity index is 1.30. The summed E-state index contributed by atoms with van der Waals surface area (Å²) in [5, 5.41) is 0.643. The van der Waals surface area contributed by atoms with Crippen LogP contribution in [0.4, 0.5) is 0 Å². The zero-order chi connectivity index (χ0) is 21.4. The topological polar surface area (TPSA) is 35.5 Å². The number of carbonyl (C=O) groups is 1. The van der Waals surface area contributed by atoms with Crippen LogP contribution < -0.4 is 9.47 Å². The molecule has 31 heavy (non-hydrogen) atoms. The summed E-state index contributed by atoms with van der Waals surface area (Å²) in [6.07, 6.45) is 11.1. The van der Waals surface area contributed by atoms with Gasteiger partial charge in [0.15, 0.2) is 5.78 Å². The molecular weight excluding hydrogens is 408 g/mol. The highest BCUT2D eigenvalue weighted by molar-refractivity contribution is 6.30. The van der Waals surface area contributed by atoms with E-state index < -0.39 is 0 Å². The van der Waals surface area contributed by atoms with Gasteiger partial charge in [-0.15, -0.1) is 0 Å². The second-order valence-corrected chi connectivity index (χ2v) is 10.1. The highest BCUT2D eigenvalue weighted by atomic mass is 35.5. The van der Waals surface area contributed by atoms with Gasteiger partial charge in [0, 0.05) is 16.0 Å². The summed E-state index contributed by atoms with van der Waals surface area (Å²) < 4.78 is 11.4. The smallest absolute Gasteiger partial charge is 0.161 e. The van der Waals surface area contributed by atoms with Crippen LogP contribution in [0, 0.1) is 23.2 Å². The van der Waals surface area contributed by atoms with E-state index in [0.29, 0.717) is 23.2 Å². The Morgan fingerprint density at radius 3 is 2.42 bits per heavy atom. The molecule has 162 valence electrons. The van der Waals surface area contributed by atoms with Gasteiger partial charge in [-0.3, -0.25) is 4.79 Å². The second kappa shape index (κ2) is 8.35. The highest BCUT2D eigenvalue weighted by Gasteiger charge is 2.53. The number of ether oxygens (including phenoxy) is 2. The van der Waals surface area contributed by atoms with E-state index in [1.54, 1.807) is 13.2 Å². The summed E-state index contributed by atoms with van der Waals surface area (Å²) in [5.41, 5.74) is 1.84. The van der Waals surface area contributed by atoms with E-state index in [0.717, 1.165) is 53.9 Å². The third kappa shape index (κ3) is 4.25. The van der Waals surface area contributed by atoms with Gasteiger partial charge < -0.3 is 9.47 Å². The molecule has 2 aromatic carbocycles. The standard InChI is InChI=1S/C27H29ClO3/c1-30-25-7-5-18(12-22(25)17-31-24-4-2-3-23(28)13-24)6-8-26(29)27-14-19-9-20(15-27)11-21(10-19)16-27/h2-8,12-13,19-21H,9-11,14-17H2,1H3/b8-6+. The number of carbonyl (C=O) groups excluding carboxylic acids is 1. The van der Waals surface area contributed by atoms with Gasteiger partial charge in [-0.2, -0.15) is 0 Å². The van der Waals surface area contributed by atoms with Crippen LogP contribution in [0.3, 0.4) is 0 Å². The molecule has 4 aliphatic rings. The van der Waals surface area contributed by atoms with Crippen LogP contribution in [0.2, 0.25) is 5.02 Å². The van der Waals surface area contributed by atoms with Gasteiger partial charge in [-0.1, -0.05) is 29.8 Å². The average Bonchev–Trinajstić information content (AvgIpc) is 2.75. The first kappa shape index (κ1) is 20.6. The lowest BCUT2D eigenvalue weighted by Crippen LogP contribution is -2.49. The zero-order valence-electron chi connectivity index (χ0n) is 18.0. The molecule has 0 N–H and O–H groups in total. The predicted octanol–water partition coefficient (Wildman–Crippen LogP) is 6.73. The summed E-state index contributed by atoms with van der Waals surface area (Å²) in [4.78, 5) is 13.3. The molecule has 4 aliphatic carbocycles. The summed E-state index contributed by atoms with van der Waals surface area (Å²) in [6, 6.07) is 13.3. The van der Waals surface area contributed by atoms with Crippen molar-refractivity contribution in [2.75, 3.05) is 7.11 Å². The minimum atomic E-state index is -0.0871. The van der Waals surface area contributed by atoms with Gasteiger partial charge >= 0.3 is 0 Å². The molecule has 0 heterocycles. The van der Waals surface area contributed by atoms with Crippen LogP contribution in [0.25, 0.3) is 6.08 Å². The Kier molecular flexibility index (Phi) is 5.56. The van der Waals surface area contributed by atoms with Gasteiger partial charge in [0.2, 0.25) is 0 Å². The van der Waals surface area contributed by atoms with Crippen molar-refractivity contribution in [3.63, 3.8) is 0 Å². The normalized spacial score (nSPS) is 28.8. The van der Waals surface area contributed by atoms with Gasteiger partial charge in [0.1, 0.15) is 18.1 Å². The van der Waals surface area contributed by atoms with Crippen LogP contribution in [-0.2, 0) is 11.4 Å². The summed E-state index contributed by atoms with van der Waals surface area (Å²) >= 11 is 6.05. The van der Waals surface area contributed by atoms with Gasteiger partial charge in [0.05, 0.1) is 7.11 Å². The lowest BCUT2D eigenvalue weighted by atomic mass is 9.48. The van der Waals surface area contributed by atoms with Crippen LogP contribution in [0.5, 0.6) is 11.5 Å². The monoisotopic (exact) mass is 436 g/mol. The first-order chi connectivity index (χ1) is 15.0. The Morgan fingerprint density at radius 2 is 1.77 bits per heavy atom. The molecule has 4 fully saturated rings. The average molecular weight is 437 g/mol. The maximum Gasteiger partial charge on any atom is 0.161 e. The van der Waals surface area contributed by atoms with Crippen molar-refractivity contribution in [3.05, 3.63) is 64.7 Å². The molecule has 3 nitrogen and oxygen atoms in total. The quantitative estimate of drug-likeness (QED) is 0.451. The maximum atomic E-state index is 13.3. The van der Waals surface area contributed by atoms with Crippen LogP contribution in [-0.4, -0.2) is 12.9 Å². The number of ketones is 1. The van der Waals surface area contributed by atoms with Gasteiger partial charge in [-0.05, 0) is 98.2 Å². The van der Waals surface area contributed by atoms with Crippen molar-refractivity contribution >= 4 is 23.5 Å². The van der Waals surface area contributed by atoms with Gasteiger partial charge in [-0.25, -0.2) is 0 Å². The molecule has 0 radical (unpaired) electrons. The van der Waals surface area contributed by atoms with Crippen molar-refractivity contribution in [2.24, 2.45) is 23.2 Å². The van der Waals surface area contributed by atoms with E-state index in [4.69, 9.17) is 21.1 Å². The highest BCUT2D eigenvalue weighted by Crippen LogP contribution is 2.60. The molecule has 0 unspecified atom stereocenters. The Morgan fingerprint density at radius 1 is 1.06 bits per heavy atom. The third-order valence-corrected chi connectivity index (χ3v) is 7.72. The Labute approximate surface area is 189 Å². The number of rotatable bonds is 7. The minimum Gasteiger partial charge on any atom is -0.496 e. The Bertz CT molecular complexity index is 974. The molecule has 4 bridgehead atoms. The number of halogens is 1. The number of allylic oxidation sites excluding steroid dienone is 1. The largest absolute Gasteiger partial charge is 0.496 e. The van der Waals surface area contributed by atoms with Gasteiger partial charge in [0.25, 0.3) is 0 Å². The minimum absolute atomic E-state index is 0.0871. The number of benzene rings is 2. The van der Waals surface area contributed by atoms with Crippen molar-refractivity contribution in [1.82, 2.24) is 0 Å². The number of hydrogen-bond acceptors (Lipinski definition) is 3. The number of methoxy groups -OCH3 is 1. The zero-order valence-corrected chi connectivity index (χ0v) is 18.7. The van der Waals surface area contributed by atoms with E-state index in [9.17, 15) is 4.79 Å². The summed E-state index contributed by atoms with van der Waals surface area (Å²) in [6.45, 7) is 0.369. The fraction of sp³-hybridized carbons (Fsp3) is 0.444. The summed E-state index contributed by atoms with van der Waals surface area (Å²) in [7, 11) is 1.66. The molecule has 0 aliphatic heterocycles.